The van der Waals surface area contributed by atoms with Crippen molar-refractivity contribution in [3.8, 4) is 5.88 Å². The van der Waals surface area contributed by atoms with Crippen LogP contribution < -0.4 is 4.74 Å². The number of alkyl halides is 1. The van der Waals surface area contributed by atoms with Crippen molar-refractivity contribution in [1.29, 1.82) is 0 Å². The lowest BCUT2D eigenvalue weighted by Gasteiger charge is -2.07. The van der Waals surface area contributed by atoms with E-state index in [1.54, 1.807) is 13.3 Å². The zero-order valence-corrected chi connectivity index (χ0v) is 12.4. The second kappa shape index (κ2) is 6.10. The first kappa shape index (κ1) is 13.8. The van der Waals surface area contributed by atoms with Gasteiger partial charge in [-0.05, 0) is 18.2 Å². The third kappa shape index (κ3) is 2.83. The number of methoxy groups -OCH3 is 1. The van der Waals surface area contributed by atoms with Crippen molar-refractivity contribution in [2.75, 3.05) is 13.0 Å². The summed E-state index contributed by atoms with van der Waals surface area (Å²) in [6, 6.07) is 9.57. The maximum absolute atomic E-state index is 5.88. The highest BCUT2D eigenvalue weighted by atomic mass is 35.5. The lowest BCUT2D eigenvalue weighted by Crippen LogP contribution is -2.08. The summed E-state index contributed by atoms with van der Waals surface area (Å²) in [7, 11) is 1.60. The second-order valence-electron chi connectivity index (χ2n) is 4.57. The highest BCUT2D eigenvalue weighted by molar-refractivity contribution is 6.17. The van der Waals surface area contributed by atoms with Crippen molar-refractivity contribution in [2.24, 2.45) is 0 Å². The molecule has 0 radical (unpaired) electrons. The summed E-state index contributed by atoms with van der Waals surface area (Å²) in [5.74, 6) is 2.00. The molecule has 21 heavy (non-hydrogen) atoms. The Morgan fingerprint density at radius 3 is 2.81 bits per heavy atom. The van der Waals surface area contributed by atoms with E-state index in [0.29, 0.717) is 24.7 Å². The number of imidazole rings is 1. The number of pyridine rings is 2. The molecule has 0 aromatic carbocycles. The van der Waals surface area contributed by atoms with Gasteiger partial charge in [0, 0.05) is 24.6 Å². The van der Waals surface area contributed by atoms with E-state index in [1.807, 2.05) is 34.9 Å². The van der Waals surface area contributed by atoms with Crippen molar-refractivity contribution >= 4 is 22.8 Å². The highest BCUT2D eigenvalue weighted by Crippen LogP contribution is 2.19. The van der Waals surface area contributed by atoms with E-state index in [2.05, 4.69) is 15.0 Å². The molecule has 0 saturated heterocycles. The molecule has 0 aliphatic rings. The number of aryl methyl sites for hydroxylation is 1. The van der Waals surface area contributed by atoms with Gasteiger partial charge in [-0.2, -0.15) is 4.98 Å². The first-order valence-electron chi connectivity index (χ1n) is 6.68. The van der Waals surface area contributed by atoms with Gasteiger partial charge in [0.05, 0.1) is 19.3 Å². The largest absolute Gasteiger partial charge is 0.481 e. The smallest absolute Gasteiger partial charge is 0.215 e. The second-order valence-corrected chi connectivity index (χ2v) is 4.95. The number of halogens is 1. The monoisotopic (exact) mass is 302 g/mol. The molecular formula is C15H15ClN4O. The van der Waals surface area contributed by atoms with Crippen LogP contribution in [0.15, 0.2) is 36.5 Å². The van der Waals surface area contributed by atoms with Gasteiger partial charge in [0.2, 0.25) is 5.88 Å². The number of hydrogen-bond acceptors (Lipinski definition) is 4. The number of fused-ring (bicyclic) bond motifs is 1. The third-order valence-electron chi connectivity index (χ3n) is 3.22. The fourth-order valence-corrected chi connectivity index (χ4v) is 2.41. The SMILES string of the molecule is COc1ccc2nc(CCCl)n(Cc3ccccn3)c2n1. The summed E-state index contributed by atoms with van der Waals surface area (Å²) < 4.78 is 7.25. The van der Waals surface area contributed by atoms with Crippen LogP contribution in [0.5, 0.6) is 5.88 Å². The molecule has 0 fully saturated rings. The van der Waals surface area contributed by atoms with E-state index in [-0.39, 0.29) is 0 Å². The van der Waals surface area contributed by atoms with Crippen LogP contribution in [0, 0.1) is 0 Å². The molecule has 0 spiro atoms. The van der Waals surface area contributed by atoms with E-state index in [1.165, 1.54) is 0 Å². The maximum Gasteiger partial charge on any atom is 0.215 e. The fraction of sp³-hybridized carbons (Fsp3) is 0.267. The molecule has 3 rings (SSSR count). The summed E-state index contributed by atoms with van der Waals surface area (Å²) >= 11 is 5.88. The minimum atomic E-state index is 0.517. The van der Waals surface area contributed by atoms with Gasteiger partial charge in [-0.15, -0.1) is 11.6 Å². The predicted octanol–water partition coefficient (Wildman–Crippen LogP) is 2.66. The molecule has 0 bridgehead atoms. The van der Waals surface area contributed by atoms with Gasteiger partial charge in [-0.25, -0.2) is 4.98 Å². The van der Waals surface area contributed by atoms with Crippen molar-refractivity contribution in [1.82, 2.24) is 19.5 Å². The van der Waals surface area contributed by atoms with Crippen molar-refractivity contribution in [3.05, 3.63) is 48.0 Å². The summed E-state index contributed by atoms with van der Waals surface area (Å²) in [4.78, 5) is 13.5. The molecule has 3 aromatic rings. The third-order valence-corrected chi connectivity index (χ3v) is 3.41. The fourth-order valence-electron chi connectivity index (χ4n) is 2.24. The first-order chi connectivity index (χ1) is 10.3. The summed E-state index contributed by atoms with van der Waals surface area (Å²) in [6.07, 6.45) is 2.47. The van der Waals surface area contributed by atoms with Crippen LogP contribution in [0.4, 0.5) is 0 Å². The van der Waals surface area contributed by atoms with Gasteiger partial charge in [-0.1, -0.05) is 6.07 Å². The normalized spacial score (nSPS) is 11.0. The minimum absolute atomic E-state index is 0.517. The van der Waals surface area contributed by atoms with Crippen molar-refractivity contribution in [2.45, 2.75) is 13.0 Å². The molecule has 0 saturated carbocycles. The van der Waals surface area contributed by atoms with E-state index in [9.17, 15) is 0 Å². The molecule has 0 N–H and O–H groups in total. The maximum atomic E-state index is 5.88. The number of rotatable bonds is 5. The van der Waals surface area contributed by atoms with Gasteiger partial charge in [0.15, 0.2) is 5.65 Å². The molecule has 108 valence electrons. The molecule has 5 nitrogen and oxygen atoms in total. The van der Waals surface area contributed by atoms with Gasteiger partial charge in [0.1, 0.15) is 11.3 Å². The van der Waals surface area contributed by atoms with Gasteiger partial charge >= 0.3 is 0 Å². The van der Waals surface area contributed by atoms with Crippen LogP contribution in [0.1, 0.15) is 11.5 Å². The molecule has 0 aliphatic carbocycles. The van der Waals surface area contributed by atoms with Gasteiger partial charge in [0.25, 0.3) is 0 Å². The summed E-state index contributed by atoms with van der Waals surface area (Å²) in [5.41, 5.74) is 2.59. The average molecular weight is 303 g/mol. The molecule has 0 atom stereocenters. The average Bonchev–Trinajstić information content (AvgIpc) is 2.86. The van der Waals surface area contributed by atoms with Crippen LogP contribution in [-0.4, -0.2) is 32.5 Å². The number of hydrogen-bond donors (Lipinski definition) is 0. The van der Waals surface area contributed by atoms with E-state index in [4.69, 9.17) is 16.3 Å². The van der Waals surface area contributed by atoms with E-state index in [0.717, 1.165) is 22.7 Å². The molecule has 0 amide bonds. The summed E-state index contributed by atoms with van der Waals surface area (Å²) in [6.45, 7) is 0.615. The Balaban J connectivity index is 2.10. The number of ether oxygens (including phenoxy) is 1. The Morgan fingerprint density at radius 2 is 2.10 bits per heavy atom. The standard InChI is InChI=1S/C15H15ClN4O/c1-21-14-6-5-12-15(19-14)20(13(18-12)7-8-16)10-11-4-2-3-9-17-11/h2-6,9H,7-8,10H2,1H3. The Morgan fingerprint density at radius 1 is 1.19 bits per heavy atom. The highest BCUT2D eigenvalue weighted by Gasteiger charge is 2.13. The van der Waals surface area contributed by atoms with Crippen LogP contribution >= 0.6 is 11.6 Å². The Bertz CT molecular complexity index is 742. The van der Waals surface area contributed by atoms with Crippen LogP contribution in [0.25, 0.3) is 11.2 Å². The molecule has 3 heterocycles. The Kier molecular flexibility index (Phi) is 4.01. The zero-order valence-electron chi connectivity index (χ0n) is 11.7. The van der Waals surface area contributed by atoms with Crippen molar-refractivity contribution < 1.29 is 4.74 Å². The predicted molar refractivity (Wildman–Crippen MR) is 81.8 cm³/mol. The lowest BCUT2D eigenvalue weighted by molar-refractivity contribution is 0.399. The molecule has 3 aromatic heterocycles. The van der Waals surface area contributed by atoms with Gasteiger partial charge < -0.3 is 9.30 Å². The van der Waals surface area contributed by atoms with E-state index < -0.39 is 0 Å². The molecule has 6 heteroatoms. The van der Waals surface area contributed by atoms with E-state index >= 15 is 0 Å². The molecule has 0 aliphatic heterocycles. The lowest BCUT2D eigenvalue weighted by atomic mass is 10.3. The van der Waals surface area contributed by atoms with Crippen LogP contribution in [0.2, 0.25) is 0 Å². The Hall–Kier alpha value is -2.14. The first-order valence-corrected chi connectivity index (χ1v) is 7.21. The topological polar surface area (TPSA) is 52.8 Å². The zero-order chi connectivity index (χ0) is 14.7. The minimum Gasteiger partial charge on any atom is -0.481 e. The molecule has 0 unspecified atom stereocenters. The quantitative estimate of drug-likeness (QED) is 0.680. The number of aromatic nitrogens is 4. The van der Waals surface area contributed by atoms with Crippen molar-refractivity contribution in [3.63, 3.8) is 0 Å². The van der Waals surface area contributed by atoms with Gasteiger partial charge in [-0.3, -0.25) is 4.98 Å². The Labute approximate surface area is 127 Å². The van der Waals surface area contributed by atoms with Crippen LogP contribution in [-0.2, 0) is 13.0 Å². The van der Waals surface area contributed by atoms with Crippen LogP contribution in [0.3, 0.4) is 0 Å². The number of nitrogens with zero attached hydrogens (tertiary/aromatic N) is 4. The summed E-state index contributed by atoms with van der Waals surface area (Å²) in [5, 5.41) is 0. The molecular weight excluding hydrogens is 288 g/mol.